The average molecular weight is 284 g/mol. The molecule has 0 heterocycles. The van der Waals surface area contributed by atoms with Gasteiger partial charge in [0.05, 0.1) is 10.5 Å². The Kier molecular flexibility index (Phi) is 5.16. The smallest absolute Gasteiger partial charge is 0.171 e. The number of benzene rings is 1. The first-order valence-electron chi connectivity index (χ1n) is 6.45. The van der Waals surface area contributed by atoms with E-state index in [2.05, 4.69) is 13.8 Å². The maximum absolute atomic E-state index is 9.81. The normalized spacial score (nSPS) is 12.7. The Morgan fingerprint density at radius 3 is 2.32 bits per heavy atom. The molecule has 2 N–H and O–H groups in total. The van der Waals surface area contributed by atoms with Gasteiger partial charge >= 0.3 is 0 Å². The van der Waals surface area contributed by atoms with E-state index in [1.165, 1.54) is 6.07 Å². The largest absolute Gasteiger partial charge is 0.504 e. The fourth-order valence-electron chi connectivity index (χ4n) is 1.54. The van der Waals surface area contributed by atoms with Gasteiger partial charge in [0.1, 0.15) is 0 Å². The minimum atomic E-state index is -0.131. The Balaban J connectivity index is 2.61. The van der Waals surface area contributed by atoms with Crippen LogP contribution in [0.3, 0.4) is 0 Å². The van der Waals surface area contributed by atoms with E-state index in [-0.39, 0.29) is 21.8 Å². The standard InChI is InChI=1S/C15H24O3S/c1-14(2,3)18-10-9-15(4,5)19-12-8-6-7-11(16)13(12)17/h6-8,16-17H,9-10H2,1-5H3. The number of phenolic OH excluding ortho intramolecular Hbond substituents is 2. The topological polar surface area (TPSA) is 49.7 Å². The Labute approximate surface area is 120 Å². The van der Waals surface area contributed by atoms with Gasteiger partial charge in [-0.05, 0) is 39.3 Å². The van der Waals surface area contributed by atoms with Crippen LogP contribution in [0, 0.1) is 0 Å². The Morgan fingerprint density at radius 2 is 1.74 bits per heavy atom. The zero-order valence-electron chi connectivity index (χ0n) is 12.4. The van der Waals surface area contributed by atoms with Gasteiger partial charge in [0, 0.05) is 11.4 Å². The van der Waals surface area contributed by atoms with Gasteiger partial charge in [-0.3, -0.25) is 0 Å². The molecule has 0 saturated carbocycles. The molecule has 0 saturated heterocycles. The van der Waals surface area contributed by atoms with Crippen LogP contribution in [-0.4, -0.2) is 27.2 Å². The van der Waals surface area contributed by atoms with Gasteiger partial charge in [0.15, 0.2) is 11.5 Å². The van der Waals surface area contributed by atoms with Crippen LogP contribution >= 0.6 is 11.8 Å². The number of ether oxygens (including phenoxy) is 1. The number of phenols is 2. The van der Waals surface area contributed by atoms with Crippen molar-refractivity contribution in [2.45, 2.75) is 56.3 Å². The van der Waals surface area contributed by atoms with Crippen molar-refractivity contribution in [1.82, 2.24) is 0 Å². The van der Waals surface area contributed by atoms with Crippen LogP contribution in [0.1, 0.15) is 41.0 Å². The molecule has 0 aliphatic carbocycles. The molecule has 0 bridgehead atoms. The van der Waals surface area contributed by atoms with Crippen molar-refractivity contribution in [2.75, 3.05) is 6.61 Å². The van der Waals surface area contributed by atoms with E-state index >= 15 is 0 Å². The van der Waals surface area contributed by atoms with Crippen LogP contribution in [0.25, 0.3) is 0 Å². The lowest BCUT2D eigenvalue weighted by Crippen LogP contribution is -2.24. The predicted molar refractivity (Wildman–Crippen MR) is 80.0 cm³/mol. The van der Waals surface area contributed by atoms with Gasteiger partial charge in [-0.2, -0.15) is 0 Å². The first kappa shape index (κ1) is 16.2. The monoisotopic (exact) mass is 284 g/mol. The predicted octanol–water partition coefficient (Wildman–Crippen LogP) is 4.17. The molecule has 0 fully saturated rings. The second-order valence-corrected chi connectivity index (χ2v) is 7.95. The van der Waals surface area contributed by atoms with Gasteiger partial charge in [-0.1, -0.05) is 19.9 Å². The van der Waals surface area contributed by atoms with Crippen molar-refractivity contribution in [1.29, 1.82) is 0 Å². The second-order valence-electron chi connectivity index (χ2n) is 6.20. The molecule has 108 valence electrons. The maximum Gasteiger partial charge on any atom is 0.171 e. The van der Waals surface area contributed by atoms with Crippen LogP contribution in [0.5, 0.6) is 11.5 Å². The highest BCUT2D eigenvalue weighted by atomic mass is 32.2. The number of rotatable bonds is 5. The zero-order chi connectivity index (χ0) is 14.7. The lowest BCUT2D eigenvalue weighted by Gasteiger charge is -2.27. The summed E-state index contributed by atoms with van der Waals surface area (Å²) in [4.78, 5) is 0.695. The summed E-state index contributed by atoms with van der Waals surface area (Å²) in [5.41, 5.74) is -0.131. The van der Waals surface area contributed by atoms with Gasteiger partial charge < -0.3 is 14.9 Å². The molecule has 1 aromatic rings. The summed E-state index contributed by atoms with van der Waals surface area (Å²) in [5.74, 6) is -0.121. The van der Waals surface area contributed by atoms with Crippen molar-refractivity contribution < 1.29 is 14.9 Å². The van der Waals surface area contributed by atoms with Crippen molar-refractivity contribution in [3.8, 4) is 11.5 Å². The molecule has 0 aliphatic rings. The second kappa shape index (κ2) is 6.06. The maximum atomic E-state index is 9.81. The van der Waals surface area contributed by atoms with E-state index in [1.54, 1.807) is 17.8 Å². The highest BCUT2D eigenvalue weighted by molar-refractivity contribution is 8.00. The van der Waals surface area contributed by atoms with Crippen molar-refractivity contribution in [2.24, 2.45) is 0 Å². The number of aromatic hydroxyl groups is 2. The fraction of sp³-hybridized carbons (Fsp3) is 0.600. The van der Waals surface area contributed by atoms with Crippen molar-refractivity contribution in [3.05, 3.63) is 18.2 Å². The van der Waals surface area contributed by atoms with Crippen LogP contribution in [0.2, 0.25) is 0 Å². The molecule has 0 aliphatic heterocycles. The molecular weight excluding hydrogens is 260 g/mol. The van der Waals surface area contributed by atoms with E-state index in [0.717, 1.165) is 6.42 Å². The van der Waals surface area contributed by atoms with E-state index < -0.39 is 0 Å². The highest BCUT2D eigenvalue weighted by Gasteiger charge is 2.23. The van der Waals surface area contributed by atoms with Crippen LogP contribution < -0.4 is 0 Å². The molecule has 3 nitrogen and oxygen atoms in total. The van der Waals surface area contributed by atoms with Crippen molar-refractivity contribution >= 4 is 11.8 Å². The first-order valence-corrected chi connectivity index (χ1v) is 7.26. The molecule has 19 heavy (non-hydrogen) atoms. The molecular formula is C15H24O3S. The Morgan fingerprint density at radius 1 is 1.11 bits per heavy atom. The third-order valence-electron chi connectivity index (χ3n) is 2.60. The van der Waals surface area contributed by atoms with E-state index in [0.29, 0.717) is 11.5 Å². The third kappa shape index (κ3) is 5.74. The van der Waals surface area contributed by atoms with E-state index in [1.807, 2.05) is 26.8 Å². The summed E-state index contributed by atoms with van der Waals surface area (Å²) >= 11 is 1.55. The molecule has 0 amide bonds. The summed E-state index contributed by atoms with van der Waals surface area (Å²) in [5, 5.41) is 19.3. The summed E-state index contributed by atoms with van der Waals surface area (Å²) in [6.45, 7) is 11.0. The number of hydrogen-bond acceptors (Lipinski definition) is 4. The zero-order valence-corrected chi connectivity index (χ0v) is 13.2. The molecule has 0 aromatic heterocycles. The molecule has 0 atom stereocenters. The third-order valence-corrected chi connectivity index (χ3v) is 3.91. The SMILES string of the molecule is CC(C)(C)OCCC(C)(C)Sc1cccc(O)c1O. The minimum absolute atomic E-state index is 0.0442. The van der Waals surface area contributed by atoms with Gasteiger partial charge in [-0.15, -0.1) is 11.8 Å². The quantitative estimate of drug-likeness (QED) is 0.629. The molecule has 1 rings (SSSR count). The van der Waals surface area contributed by atoms with Crippen LogP contribution in [0.4, 0.5) is 0 Å². The summed E-state index contributed by atoms with van der Waals surface area (Å²) < 4.78 is 5.66. The van der Waals surface area contributed by atoms with Gasteiger partial charge in [0.25, 0.3) is 0 Å². The summed E-state index contributed by atoms with van der Waals surface area (Å²) in [6.07, 6.45) is 0.865. The van der Waals surface area contributed by atoms with Gasteiger partial charge in [0.2, 0.25) is 0 Å². The molecule has 0 unspecified atom stereocenters. The minimum Gasteiger partial charge on any atom is -0.504 e. The molecule has 0 spiro atoms. The summed E-state index contributed by atoms with van der Waals surface area (Å²) in [7, 11) is 0. The van der Waals surface area contributed by atoms with Crippen LogP contribution in [0.15, 0.2) is 23.1 Å². The lowest BCUT2D eigenvalue weighted by atomic mass is 10.1. The Bertz CT molecular complexity index is 422. The average Bonchev–Trinajstić information content (AvgIpc) is 2.22. The number of para-hydroxylation sites is 1. The lowest BCUT2D eigenvalue weighted by molar-refractivity contribution is -0.00623. The number of thioether (sulfide) groups is 1. The van der Waals surface area contributed by atoms with Crippen LogP contribution in [-0.2, 0) is 4.74 Å². The molecule has 4 heteroatoms. The Hall–Kier alpha value is -0.870. The van der Waals surface area contributed by atoms with E-state index in [9.17, 15) is 10.2 Å². The van der Waals surface area contributed by atoms with E-state index in [4.69, 9.17) is 4.74 Å². The molecule has 1 aromatic carbocycles. The molecule has 0 radical (unpaired) electrons. The highest BCUT2D eigenvalue weighted by Crippen LogP contribution is 2.42. The fourth-order valence-corrected chi connectivity index (χ4v) is 2.67. The number of hydrogen-bond donors (Lipinski definition) is 2. The van der Waals surface area contributed by atoms with Gasteiger partial charge in [-0.25, -0.2) is 0 Å². The van der Waals surface area contributed by atoms with Crippen molar-refractivity contribution in [3.63, 3.8) is 0 Å². The summed E-state index contributed by atoms with van der Waals surface area (Å²) in [6, 6.07) is 5.03. The first-order chi connectivity index (χ1) is 8.61.